The van der Waals surface area contributed by atoms with E-state index in [4.69, 9.17) is 10.8 Å². The van der Waals surface area contributed by atoms with Crippen molar-refractivity contribution in [3.05, 3.63) is 36.4 Å². The monoisotopic (exact) mass is 508 g/mol. The molecule has 0 radical (unpaired) electrons. The topological polar surface area (TPSA) is 266 Å². The number of aromatic nitrogens is 4. The number of H-pyrrole nitrogens is 2. The number of carbonyl (C=O) groups excluding carboxylic acids is 3. The minimum Gasteiger partial charge on any atom is -0.481 e. The van der Waals surface area contributed by atoms with E-state index in [0.717, 1.165) is 0 Å². The van der Waals surface area contributed by atoms with Crippen molar-refractivity contribution in [1.29, 1.82) is 0 Å². The molecule has 2 rings (SSSR count). The maximum atomic E-state index is 13.2. The third-order valence-corrected chi connectivity index (χ3v) is 5.04. The number of nitrogens with one attached hydrogen (secondary N) is 5. The molecule has 0 fully saturated rings. The van der Waals surface area contributed by atoms with Gasteiger partial charge in [0.05, 0.1) is 25.2 Å². The summed E-state index contributed by atoms with van der Waals surface area (Å²) < 4.78 is 0. The van der Waals surface area contributed by atoms with Gasteiger partial charge in [0, 0.05) is 36.6 Å². The predicted octanol–water partition coefficient (Wildman–Crippen LogP) is -3.36. The zero-order valence-electron chi connectivity index (χ0n) is 19.2. The summed E-state index contributed by atoms with van der Waals surface area (Å²) in [7, 11) is 0. The van der Waals surface area contributed by atoms with Crippen LogP contribution in [-0.4, -0.2) is 95.2 Å². The van der Waals surface area contributed by atoms with Gasteiger partial charge in [0.25, 0.3) is 0 Å². The van der Waals surface area contributed by atoms with E-state index in [9.17, 15) is 34.2 Å². The first-order chi connectivity index (χ1) is 17.0. The highest BCUT2D eigenvalue weighted by molar-refractivity contribution is 5.95. The summed E-state index contributed by atoms with van der Waals surface area (Å²) >= 11 is 0. The van der Waals surface area contributed by atoms with E-state index in [1.165, 1.54) is 32.0 Å². The number of nitrogens with zero attached hydrogens (tertiary/aromatic N) is 2. The van der Waals surface area contributed by atoms with Gasteiger partial charge < -0.3 is 47.0 Å². The lowest BCUT2D eigenvalue weighted by atomic mass is 10.1. The van der Waals surface area contributed by atoms with E-state index in [2.05, 4.69) is 35.9 Å². The van der Waals surface area contributed by atoms with Crippen LogP contribution < -0.4 is 21.7 Å². The van der Waals surface area contributed by atoms with E-state index in [1.807, 2.05) is 0 Å². The second kappa shape index (κ2) is 13.0. The molecule has 0 aromatic carbocycles. The molecule has 16 heteroatoms. The number of aliphatic hydroxyl groups is 1. The normalized spacial score (nSPS) is 15.1. The number of rotatable bonds is 14. The van der Waals surface area contributed by atoms with Gasteiger partial charge in [-0.15, -0.1) is 0 Å². The van der Waals surface area contributed by atoms with Crippen LogP contribution in [0, 0.1) is 0 Å². The number of aromatic amines is 2. The molecule has 36 heavy (non-hydrogen) atoms. The van der Waals surface area contributed by atoms with Gasteiger partial charge >= 0.3 is 11.9 Å². The Balaban J connectivity index is 2.25. The van der Waals surface area contributed by atoms with Crippen LogP contribution in [-0.2, 0) is 36.8 Å². The number of carboxylic acids is 2. The fraction of sp³-hybridized carbons (Fsp3) is 0.450. The molecule has 0 saturated carbocycles. The summed E-state index contributed by atoms with van der Waals surface area (Å²) in [6.45, 7) is 1.30. The average Bonchev–Trinajstić information content (AvgIpc) is 3.50. The minimum absolute atomic E-state index is 0.0841. The molecule has 3 amide bonds. The van der Waals surface area contributed by atoms with Gasteiger partial charge in [-0.2, -0.15) is 0 Å². The fourth-order valence-electron chi connectivity index (χ4n) is 3.06. The molecule has 0 aliphatic rings. The quantitative estimate of drug-likeness (QED) is 0.122. The Morgan fingerprint density at radius 3 is 1.67 bits per heavy atom. The average molecular weight is 508 g/mol. The second-order valence-electron chi connectivity index (χ2n) is 7.95. The van der Waals surface area contributed by atoms with Crippen LogP contribution in [0.4, 0.5) is 0 Å². The largest absolute Gasteiger partial charge is 0.481 e. The first-order valence-corrected chi connectivity index (χ1v) is 10.7. The van der Waals surface area contributed by atoms with Crippen LogP contribution in [0.2, 0.25) is 0 Å². The van der Waals surface area contributed by atoms with Crippen molar-refractivity contribution in [3.8, 4) is 0 Å². The van der Waals surface area contributed by atoms with Gasteiger partial charge in [0.15, 0.2) is 0 Å². The smallest absolute Gasteiger partial charge is 0.326 e. The van der Waals surface area contributed by atoms with Crippen LogP contribution in [0.3, 0.4) is 0 Å². The molecule has 2 aromatic rings. The molecule has 5 atom stereocenters. The van der Waals surface area contributed by atoms with Crippen LogP contribution in [0.5, 0.6) is 0 Å². The summed E-state index contributed by atoms with van der Waals surface area (Å²) in [6.07, 6.45) is 3.15. The van der Waals surface area contributed by atoms with Crippen molar-refractivity contribution in [2.45, 2.75) is 56.5 Å². The number of hydrogen-bond acceptors (Lipinski definition) is 9. The minimum atomic E-state index is -1.75. The van der Waals surface area contributed by atoms with Crippen molar-refractivity contribution >= 4 is 29.7 Å². The van der Waals surface area contributed by atoms with Crippen LogP contribution in [0.15, 0.2) is 25.0 Å². The molecule has 0 bridgehead atoms. The van der Waals surface area contributed by atoms with Gasteiger partial charge in [-0.3, -0.25) is 19.2 Å². The molecular formula is C20H28N8O8. The molecule has 0 aliphatic heterocycles. The summed E-state index contributed by atoms with van der Waals surface area (Å²) in [5.41, 5.74) is 6.52. The lowest BCUT2D eigenvalue weighted by molar-refractivity contribution is -0.147. The number of aliphatic hydroxyl groups excluding tert-OH is 1. The van der Waals surface area contributed by atoms with Crippen molar-refractivity contribution in [3.63, 3.8) is 0 Å². The lowest BCUT2D eigenvalue weighted by Gasteiger charge is -2.25. The number of imidazole rings is 2. The Morgan fingerprint density at radius 2 is 1.31 bits per heavy atom. The van der Waals surface area contributed by atoms with E-state index in [1.54, 1.807) is 0 Å². The molecule has 196 valence electrons. The van der Waals surface area contributed by atoms with Crippen LogP contribution >= 0.6 is 0 Å². The van der Waals surface area contributed by atoms with Crippen LogP contribution in [0.1, 0.15) is 24.7 Å². The molecule has 2 heterocycles. The highest BCUT2D eigenvalue weighted by Crippen LogP contribution is 2.05. The number of carboxylic acid groups (broad SMARTS) is 2. The maximum absolute atomic E-state index is 13.2. The molecule has 16 nitrogen and oxygen atoms in total. The number of hydrogen-bond donors (Lipinski definition) is 9. The molecular weight excluding hydrogens is 480 g/mol. The second-order valence-corrected chi connectivity index (χ2v) is 7.95. The van der Waals surface area contributed by atoms with Crippen molar-refractivity contribution in [2.24, 2.45) is 5.73 Å². The van der Waals surface area contributed by atoms with E-state index < -0.39 is 66.4 Å². The lowest BCUT2D eigenvalue weighted by Crippen LogP contribution is -2.59. The van der Waals surface area contributed by atoms with Gasteiger partial charge in [-0.25, -0.2) is 14.8 Å². The Kier molecular flexibility index (Phi) is 10.1. The van der Waals surface area contributed by atoms with Crippen molar-refractivity contribution in [1.82, 2.24) is 35.9 Å². The zero-order chi connectivity index (χ0) is 26.8. The first-order valence-electron chi connectivity index (χ1n) is 10.7. The Hall–Kier alpha value is -4.31. The molecule has 0 spiro atoms. The van der Waals surface area contributed by atoms with Crippen molar-refractivity contribution < 1.29 is 39.3 Å². The molecule has 0 aliphatic carbocycles. The van der Waals surface area contributed by atoms with Gasteiger partial charge in [-0.1, -0.05) is 0 Å². The highest BCUT2D eigenvalue weighted by atomic mass is 16.4. The molecule has 2 aromatic heterocycles. The predicted molar refractivity (Wildman–Crippen MR) is 120 cm³/mol. The number of nitrogens with two attached hydrogens (primary N) is 1. The third kappa shape index (κ3) is 8.48. The fourth-order valence-corrected chi connectivity index (χ4v) is 3.06. The molecule has 10 N–H and O–H groups in total. The van der Waals surface area contributed by atoms with E-state index in [-0.39, 0.29) is 12.8 Å². The SMILES string of the molecule is CC(O)C(N)C(=O)NC(Cc1cnc[nH]1)C(=O)NC(Cc1cnc[nH]1)C(=O)NC(CC(=O)O)C(=O)O. The maximum Gasteiger partial charge on any atom is 0.326 e. The number of carbonyl (C=O) groups is 5. The van der Waals surface area contributed by atoms with Gasteiger partial charge in [-0.05, 0) is 6.92 Å². The third-order valence-electron chi connectivity index (χ3n) is 5.04. The number of aliphatic carboxylic acids is 2. The zero-order valence-corrected chi connectivity index (χ0v) is 19.2. The Bertz CT molecular complexity index is 1040. The summed E-state index contributed by atoms with van der Waals surface area (Å²) in [5, 5.41) is 34.7. The van der Waals surface area contributed by atoms with Gasteiger partial charge in [0.1, 0.15) is 24.2 Å². The van der Waals surface area contributed by atoms with E-state index >= 15 is 0 Å². The van der Waals surface area contributed by atoms with Crippen molar-refractivity contribution in [2.75, 3.05) is 0 Å². The summed E-state index contributed by atoms with van der Waals surface area (Å²) in [6, 6.07) is -5.73. The Morgan fingerprint density at radius 1 is 0.861 bits per heavy atom. The summed E-state index contributed by atoms with van der Waals surface area (Å²) in [5.74, 6) is -5.66. The number of amides is 3. The van der Waals surface area contributed by atoms with Crippen LogP contribution in [0.25, 0.3) is 0 Å². The highest BCUT2D eigenvalue weighted by Gasteiger charge is 2.32. The van der Waals surface area contributed by atoms with Gasteiger partial charge in [0.2, 0.25) is 17.7 Å². The first kappa shape index (κ1) is 27.9. The molecule has 0 saturated heterocycles. The standard InChI is InChI=1S/C20H28N8O8/c1-9(29)16(21)19(34)27-13(3-11-6-23-8-25-11)17(32)26-12(2-10-5-22-7-24-10)18(33)28-14(20(35)36)4-15(30)31/h5-9,12-14,16,29H,2-4,21H2,1H3,(H,22,24)(H,23,25)(H,26,32)(H,27,34)(H,28,33)(H,30,31)(H,35,36). The molecule has 5 unspecified atom stereocenters. The summed E-state index contributed by atoms with van der Waals surface area (Å²) in [4.78, 5) is 74.0. The van der Waals surface area contributed by atoms with E-state index in [0.29, 0.717) is 11.4 Å². The Labute approximate surface area is 204 Å².